The van der Waals surface area contributed by atoms with Crippen LogP contribution in [0.4, 0.5) is 0 Å². The third kappa shape index (κ3) is 1.26. The van der Waals surface area contributed by atoms with Crippen LogP contribution in [-0.2, 0) is 4.79 Å². The van der Waals surface area contributed by atoms with Crippen LogP contribution >= 0.6 is 0 Å². The van der Waals surface area contributed by atoms with Crippen LogP contribution in [0.2, 0.25) is 0 Å². The molecule has 1 spiro atoms. The van der Waals surface area contributed by atoms with Crippen LogP contribution < -0.4 is 5.32 Å². The predicted octanol–water partition coefficient (Wildman–Crippen LogP) is 1.46. The Bertz CT molecular complexity index is 172. The molecule has 1 aliphatic heterocycles. The van der Waals surface area contributed by atoms with E-state index in [0.717, 1.165) is 19.4 Å². The molecule has 1 saturated heterocycles. The Labute approximate surface area is 67.4 Å². The Morgan fingerprint density at radius 3 is 2.55 bits per heavy atom. The van der Waals surface area contributed by atoms with Crippen LogP contribution in [0.1, 0.15) is 38.5 Å². The molecular weight excluding hydrogens is 138 g/mol. The SMILES string of the molecule is O=C1CCCC2(CCC2)CN1. The van der Waals surface area contributed by atoms with Crippen molar-refractivity contribution < 1.29 is 4.79 Å². The molecule has 0 aromatic carbocycles. The molecule has 1 aliphatic carbocycles. The van der Waals surface area contributed by atoms with Gasteiger partial charge in [0.25, 0.3) is 0 Å². The second-order valence-electron chi connectivity index (χ2n) is 3.98. The molecule has 2 heteroatoms. The van der Waals surface area contributed by atoms with E-state index in [0.29, 0.717) is 5.41 Å². The van der Waals surface area contributed by atoms with Crippen molar-refractivity contribution in [2.24, 2.45) is 5.41 Å². The van der Waals surface area contributed by atoms with Crippen molar-refractivity contribution in [3.05, 3.63) is 0 Å². The fourth-order valence-corrected chi connectivity index (χ4v) is 2.19. The number of nitrogens with one attached hydrogen (secondary N) is 1. The third-order valence-electron chi connectivity index (χ3n) is 3.19. The maximum atomic E-state index is 11.0. The molecule has 1 amide bonds. The van der Waals surface area contributed by atoms with Gasteiger partial charge in [-0.15, -0.1) is 0 Å². The van der Waals surface area contributed by atoms with Gasteiger partial charge in [0.1, 0.15) is 0 Å². The zero-order valence-electron chi connectivity index (χ0n) is 6.86. The standard InChI is InChI=1S/C9H15NO/c11-8-3-1-4-9(7-10-8)5-2-6-9/h1-7H2,(H,10,11). The van der Waals surface area contributed by atoms with Gasteiger partial charge in [-0.1, -0.05) is 6.42 Å². The average molecular weight is 153 g/mol. The minimum Gasteiger partial charge on any atom is -0.356 e. The highest BCUT2D eigenvalue weighted by Crippen LogP contribution is 2.45. The summed E-state index contributed by atoms with van der Waals surface area (Å²) in [6.07, 6.45) is 7.18. The summed E-state index contributed by atoms with van der Waals surface area (Å²) in [5, 5.41) is 3.00. The first kappa shape index (κ1) is 7.14. The van der Waals surface area contributed by atoms with E-state index < -0.39 is 0 Å². The summed E-state index contributed by atoms with van der Waals surface area (Å²) < 4.78 is 0. The molecule has 0 radical (unpaired) electrons. The summed E-state index contributed by atoms with van der Waals surface area (Å²) in [5.74, 6) is 0.258. The zero-order valence-corrected chi connectivity index (χ0v) is 6.86. The Balaban J connectivity index is 1.97. The summed E-state index contributed by atoms with van der Waals surface area (Å²) in [7, 11) is 0. The van der Waals surface area contributed by atoms with Crippen molar-refractivity contribution in [3.8, 4) is 0 Å². The molecule has 2 aliphatic rings. The van der Waals surface area contributed by atoms with Crippen molar-refractivity contribution in [1.29, 1.82) is 0 Å². The molecular formula is C9H15NO. The highest BCUT2D eigenvalue weighted by molar-refractivity contribution is 5.76. The molecule has 0 bridgehead atoms. The van der Waals surface area contributed by atoms with Crippen molar-refractivity contribution >= 4 is 5.91 Å². The minimum atomic E-state index is 0.258. The Morgan fingerprint density at radius 2 is 1.91 bits per heavy atom. The van der Waals surface area contributed by atoms with Crippen molar-refractivity contribution in [2.45, 2.75) is 38.5 Å². The summed E-state index contributed by atoms with van der Waals surface area (Å²) in [6, 6.07) is 0. The molecule has 0 aromatic heterocycles. The smallest absolute Gasteiger partial charge is 0.220 e. The van der Waals surface area contributed by atoms with E-state index in [4.69, 9.17) is 0 Å². The molecule has 0 atom stereocenters. The molecule has 62 valence electrons. The van der Waals surface area contributed by atoms with Crippen molar-refractivity contribution in [3.63, 3.8) is 0 Å². The summed E-state index contributed by atoms with van der Waals surface area (Å²) in [4.78, 5) is 11.0. The van der Waals surface area contributed by atoms with E-state index in [9.17, 15) is 4.79 Å². The van der Waals surface area contributed by atoms with Gasteiger partial charge in [-0.25, -0.2) is 0 Å². The van der Waals surface area contributed by atoms with Crippen molar-refractivity contribution in [1.82, 2.24) is 5.32 Å². The lowest BCUT2D eigenvalue weighted by Gasteiger charge is -2.41. The minimum absolute atomic E-state index is 0.258. The van der Waals surface area contributed by atoms with Gasteiger partial charge >= 0.3 is 0 Å². The quantitative estimate of drug-likeness (QED) is 0.561. The lowest BCUT2D eigenvalue weighted by Crippen LogP contribution is -2.39. The summed E-state index contributed by atoms with van der Waals surface area (Å²) in [5.41, 5.74) is 0.534. The topological polar surface area (TPSA) is 29.1 Å². The summed E-state index contributed by atoms with van der Waals surface area (Å²) in [6.45, 7) is 0.950. The number of hydrogen-bond acceptors (Lipinski definition) is 1. The van der Waals surface area contributed by atoms with E-state index in [1.807, 2.05) is 0 Å². The van der Waals surface area contributed by atoms with Gasteiger partial charge in [-0.05, 0) is 31.1 Å². The second-order valence-corrected chi connectivity index (χ2v) is 3.98. The van der Waals surface area contributed by atoms with E-state index in [-0.39, 0.29) is 5.91 Å². The molecule has 0 unspecified atom stereocenters. The van der Waals surface area contributed by atoms with Gasteiger partial charge in [0.2, 0.25) is 5.91 Å². The van der Waals surface area contributed by atoms with Gasteiger partial charge in [0.15, 0.2) is 0 Å². The fourth-order valence-electron chi connectivity index (χ4n) is 2.19. The van der Waals surface area contributed by atoms with Crippen LogP contribution in [0.5, 0.6) is 0 Å². The van der Waals surface area contributed by atoms with Crippen LogP contribution in [0.15, 0.2) is 0 Å². The van der Waals surface area contributed by atoms with E-state index in [1.54, 1.807) is 0 Å². The van der Waals surface area contributed by atoms with Crippen LogP contribution in [0, 0.1) is 5.41 Å². The maximum absolute atomic E-state index is 11.0. The lowest BCUT2D eigenvalue weighted by atomic mass is 9.66. The van der Waals surface area contributed by atoms with E-state index >= 15 is 0 Å². The molecule has 11 heavy (non-hydrogen) atoms. The highest BCUT2D eigenvalue weighted by atomic mass is 16.1. The number of rotatable bonds is 0. The van der Waals surface area contributed by atoms with Gasteiger partial charge in [0, 0.05) is 13.0 Å². The first-order chi connectivity index (χ1) is 5.31. The van der Waals surface area contributed by atoms with Gasteiger partial charge < -0.3 is 5.32 Å². The molecule has 1 heterocycles. The average Bonchev–Trinajstić information content (AvgIpc) is 2.09. The molecule has 2 rings (SSSR count). The van der Waals surface area contributed by atoms with Crippen molar-refractivity contribution in [2.75, 3.05) is 6.54 Å². The van der Waals surface area contributed by atoms with Gasteiger partial charge in [-0.3, -0.25) is 4.79 Å². The first-order valence-corrected chi connectivity index (χ1v) is 4.58. The zero-order chi connectivity index (χ0) is 7.73. The van der Waals surface area contributed by atoms with E-state index in [2.05, 4.69) is 5.32 Å². The fraction of sp³-hybridized carbons (Fsp3) is 0.889. The Hall–Kier alpha value is -0.530. The van der Waals surface area contributed by atoms with Crippen LogP contribution in [-0.4, -0.2) is 12.5 Å². The number of carbonyl (C=O) groups is 1. The molecule has 2 fully saturated rings. The number of amides is 1. The first-order valence-electron chi connectivity index (χ1n) is 4.58. The molecule has 1 saturated carbocycles. The molecule has 1 N–H and O–H groups in total. The van der Waals surface area contributed by atoms with Crippen LogP contribution in [0.3, 0.4) is 0 Å². The third-order valence-corrected chi connectivity index (χ3v) is 3.19. The highest BCUT2D eigenvalue weighted by Gasteiger charge is 2.37. The monoisotopic (exact) mass is 153 g/mol. The van der Waals surface area contributed by atoms with Crippen LogP contribution in [0.25, 0.3) is 0 Å². The molecule has 2 nitrogen and oxygen atoms in total. The largest absolute Gasteiger partial charge is 0.356 e. The van der Waals surface area contributed by atoms with E-state index in [1.165, 1.54) is 25.7 Å². The summed E-state index contributed by atoms with van der Waals surface area (Å²) >= 11 is 0. The lowest BCUT2D eigenvalue weighted by molar-refractivity contribution is -0.121. The second kappa shape index (κ2) is 2.50. The Morgan fingerprint density at radius 1 is 1.18 bits per heavy atom. The number of hydrogen-bond donors (Lipinski definition) is 1. The predicted molar refractivity (Wildman–Crippen MR) is 43.1 cm³/mol. The Kier molecular flexibility index (Phi) is 1.63. The molecule has 0 aromatic rings. The normalized spacial score (nSPS) is 28.9. The number of carbonyl (C=O) groups excluding carboxylic acids is 1. The van der Waals surface area contributed by atoms with Gasteiger partial charge in [-0.2, -0.15) is 0 Å². The van der Waals surface area contributed by atoms with Gasteiger partial charge in [0.05, 0.1) is 0 Å². The maximum Gasteiger partial charge on any atom is 0.220 e.